The van der Waals surface area contributed by atoms with Gasteiger partial charge in [-0.25, -0.2) is 9.78 Å². The molecule has 0 radical (unpaired) electrons. The van der Waals surface area contributed by atoms with Crippen LogP contribution < -0.4 is 10.6 Å². The van der Waals surface area contributed by atoms with Gasteiger partial charge in [0.25, 0.3) is 0 Å². The molecule has 0 atom stereocenters. The zero-order chi connectivity index (χ0) is 18.0. The number of benzene rings is 2. The maximum Gasteiger partial charge on any atom is 0.319 e. The molecule has 0 spiro atoms. The van der Waals surface area contributed by atoms with E-state index < -0.39 is 0 Å². The van der Waals surface area contributed by atoms with Crippen LogP contribution in [0.1, 0.15) is 18.4 Å². The summed E-state index contributed by atoms with van der Waals surface area (Å²) in [5, 5.41) is 5.72. The predicted octanol–water partition coefficient (Wildman–Crippen LogP) is 3.58. The summed E-state index contributed by atoms with van der Waals surface area (Å²) in [6, 6.07) is 15.3. The van der Waals surface area contributed by atoms with Crippen molar-refractivity contribution in [2.24, 2.45) is 5.41 Å². The molecule has 0 bridgehead atoms. The molecule has 0 aliphatic carbocycles. The van der Waals surface area contributed by atoms with Gasteiger partial charge in [0.05, 0.1) is 13.2 Å². The molecule has 2 heterocycles. The zero-order valence-corrected chi connectivity index (χ0v) is 14.6. The maximum atomic E-state index is 12.1. The Kier molecular flexibility index (Phi) is 4.34. The summed E-state index contributed by atoms with van der Waals surface area (Å²) in [7, 11) is 0. The van der Waals surface area contributed by atoms with Crippen molar-refractivity contribution in [3.8, 4) is 0 Å². The van der Waals surface area contributed by atoms with Crippen molar-refractivity contribution in [3.63, 3.8) is 0 Å². The van der Waals surface area contributed by atoms with E-state index in [0.29, 0.717) is 43.3 Å². The van der Waals surface area contributed by atoms with E-state index in [9.17, 15) is 4.79 Å². The SMILES string of the molecule is CC1(CNC(=O)Nc2ccc3nc(Cc4ccccc4)oc3c2)COC1. The Morgan fingerprint density at radius 1 is 1.19 bits per heavy atom. The maximum absolute atomic E-state index is 12.1. The Morgan fingerprint density at radius 2 is 2.00 bits per heavy atom. The molecular weight excluding hydrogens is 330 g/mol. The largest absolute Gasteiger partial charge is 0.440 e. The molecule has 1 aromatic heterocycles. The van der Waals surface area contributed by atoms with Crippen LogP contribution in [0.4, 0.5) is 10.5 Å². The summed E-state index contributed by atoms with van der Waals surface area (Å²) < 4.78 is 11.0. The van der Waals surface area contributed by atoms with Crippen LogP contribution in [0.2, 0.25) is 0 Å². The van der Waals surface area contributed by atoms with Crippen molar-refractivity contribution >= 4 is 22.8 Å². The summed E-state index contributed by atoms with van der Waals surface area (Å²) >= 11 is 0. The van der Waals surface area contributed by atoms with Gasteiger partial charge < -0.3 is 19.8 Å². The lowest BCUT2D eigenvalue weighted by Crippen LogP contribution is -2.49. The number of fused-ring (bicyclic) bond motifs is 1. The highest BCUT2D eigenvalue weighted by Crippen LogP contribution is 2.25. The number of oxazole rings is 1. The minimum absolute atomic E-state index is 0.0402. The smallest absolute Gasteiger partial charge is 0.319 e. The normalized spacial score (nSPS) is 15.4. The van der Waals surface area contributed by atoms with E-state index in [1.807, 2.05) is 42.5 Å². The number of nitrogens with one attached hydrogen (secondary N) is 2. The molecule has 6 heteroatoms. The molecule has 2 N–H and O–H groups in total. The van der Waals surface area contributed by atoms with Gasteiger partial charge in [-0.15, -0.1) is 0 Å². The van der Waals surface area contributed by atoms with Gasteiger partial charge >= 0.3 is 6.03 Å². The van der Waals surface area contributed by atoms with Crippen LogP contribution in [0.15, 0.2) is 52.9 Å². The molecule has 0 saturated carbocycles. The van der Waals surface area contributed by atoms with Crippen molar-refractivity contribution in [2.75, 3.05) is 25.1 Å². The number of hydrogen-bond donors (Lipinski definition) is 2. The van der Waals surface area contributed by atoms with Crippen LogP contribution in [0, 0.1) is 5.41 Å². The summed E-state index contributed by atoms with van der Waals surface area (Å²) in [6.07, 6.45) is 0.638. The Balaban J connectivity index is 1.41. The highest BCUT2D eigenvalue weighted by Gasteiger charge is 2.33. The number of ether oxygens (including phenoxy) is 1. The van der Waals surface area contributed by atoms with Crippen LogP contribution in [0.25, 0.3) is 11.1 Å². The number of hydrogen-bond acceptors (Lipinski definition) is 4. The van der Waals surface area contributed by atoms with Gasteiger partial charge in [0, 0.05) is 30.1 Å². The standard InChI is InChI=1S/C20H21N3O3/c1-20(12-25-13-20)11-21-19(24)22-15-7-8-16-17(10-15)26-18(23-16)9-14-5-3-2-4-6-14/h2-8,10H,9,11-13H2,1H3,(H2,21,22,24). The molecule has 4 rings (SSSR count). The van der Waals surface area contributed by atoms with Gasteiger partial charge in [-0.2, -0.15) is 0 Å². The van der Waals surface area contributed by atoms with Gasteiger partial charge in [-0.3, -0.25) is 0 Å². The number of urea groups is 1. The van der Waals surface area contributed by atoms with Gasteiger partial charge in [0.1, 0.15) is 5.52 Å². The summed E-state index contributed by atoms with van der Waals surface area (Å²) in [4.78, 5) is 16.6. The molecule has 1 fully saturated rings. The van der Waals surface area contributed by atoms with Crippen LogP contribution in [-0.4, -0.2) is 30.8 Å². The van der Waals surface area contributed by atoms with Gasteiger partial charge in [0.15, 0.2) is 11.5 Å². The molecule has 1 aliphatic rings. The molecule has 2 aromatic carbocycles. The highest BCUT2D eigenvalue weighted by molar-refractivity contribution is 5.91. The van der Waals surface area contributed by atoms with Gasteiger partial charge in [-0.1, -0.05) is 37.3 Å². The van der Waals surface area contributed by atoms with E-state index in [4.69, 9.17) is 9.15 Å². The van der Waals surface area contributed by atoms with E-state index in [-0.39, 0.29) is 11.4 Å². The first kappa shape index (κ1) is 16.6. The highest BCUT2D eigenvalue weighted by atomic mass is 16.5. The quantitative estimate of drug-likeness (QED) is 0.737. The number of nitrogens with zero attached hydrogens (tertiary/aromatic N) is 1. The minimum atomic E-state index is -0.235. The first-order chi connectivity index (χ1) is 12.6. The van der Waals surface area contributed by atoms with Crippen molar-refractivity contribution in [1.29, 1.82) is 0 Å². The zero-order valence-electron chi connectivity index (χ0n) is 14.6. The average Bonchev–Trinajstić information content (AvgIpc) is 3.00. The topological polar surface area (TPSA) is 76.4 Å². The van der Waals surface area contributed by atoms with E-state index in [1.54, 1.807) is 6.07 Å². The van der Waals surface area contributed by atoms with Crippen LogP contribution in [-0.2, 0) is 11.2 Å². The molecule has 1 aliphatic heterocycles. The Labute approximate surface area is 151 Å². The first-order valence-electron chi connectivity index (χ1n) is 8.66. The Morgan fingerprint density at radius 3 is 2.73 bits per heavy atom. The summed E-state index contributed by atoms with van der Waals surface area (Å²) in [6.45, 7) is 4.04. The molecule has 2 amide bonds. The molecule has 134 valence electrons. The number of anilines is 1. The van der Waals surface area contributed by atoms with Crippen molar-refractivity contribution in [1.82, 2.24) is 10.3 Å². The van der Waals surface area contributed by atoms with Crippen molar-refractivity contribution in [3.05, 3.63) is 60.0 Å². The second-order valence-corrected chi connectivity index (χ2v) is 7.06. The van der Waals surface area contributed by atoms with E-state index in [2.05, 4.69) is 22.5 Å². The minimum Gasteiger partial charge on any atom is -0.440 e. The average molecular weight is 351 g/mol. The fourth-order valence-electron chi connectivity index (χ4n) is 2.92. The Bertz CT molecular complexity index is 916. The fourth-order valence-corrected chi connectivity index (χ4v) is 2.92. The number of amides is 2. The van der Waals surface area contributed by atoms with Crippen LogP contribution >= 0.6 is 0 Å². The van der Waals surface area contributed by atoms with Crippen LogP contribution in [0.5, 0.6) is 0 Å². The molecule has 3 aromatic rings. The molecule has 6 nitrogen and oxygen atoms in total. The molecular formula is C20H21N3O3. The van der Waals surface area contributed by atoms with Gasteiger partial charge in [0.2, 0.25) is 0 Å². The Hall–Kier alpha value is -2.86. The third kappa shape index (κ3) is 3.70. The first-order valence-corrected chi connectivity index (χ1v) is 8.66. The second kappa shape index (κ2) is 6.80. The molecule has 1 saturated heterocycles. The number of carbonyl (C=O) groups excluding carboxylic acids is 1. The third-order valence-electron chi connectivity index (χ3n) is 4.47. The fraction of sp³-hybridized carbons (Fsp3) is 0.300. The lowest BCUT2D eigenvalue weighted by Gasteiger charge is -2.37. The molecule has 0 unspecified atom stereocenters. The predicted molar refractivity (Wildman–Crippen MR) is 99.2 cm³/mol. The molecule has 26 heavy (non-hydrogen) atoms. The monoisotopic (exact) mass is 351 g/mol. The second-order valence-electron chi connectivity index (χ2n) is 7.06. The lowest BCUT2D eigenvalue weighted by molar-refractivity contribution is -0.0974. The van der Waals surface area contributed by atoms with E-state index >= 15 is 0 Å². The van der Waals surface area contributed by atoms with Gasteiger partial charge in [-0.05, 0) is 17.7 Å². The third-order valence-corrected chi connectivity index (χ3v) is 4.47. The number of carbonyl (C=O) groups is 1. The van der Waals surface area contributed by atoms with Crippen molar-refractivity contribution < 1.29 is 13.9 Å². The number of rotatable bonds is 5. The number of aromatic nitrogens is 1. The summed E-state index contributed by atoms with van der Waals surface area (Å²) in [5.41, 5.74) is 3.30. The summed E-state index contributed by atoms with van der Waals surface area (Å²) in [5.74, 6) is 0.658. The van der Waals surface area contributed by atoms with Crippen LogP contribution in [0.3, 0.4) is 0 Å². The van der Waals surface area contributed by atoms with E-state index in [1.165, 1.54) is 0 Å². The lowest BCUT2D eigenvalue weighted by atomic mass is 9.89. The van der Waals surface area contributed by atoms with E-state index in [0.717, 1.165) is 11.1 Å². The van der Waals surface area contributed by atoms with Crippen molar-refractivity contribution in [2.45, 2.75) is 13.3 Å².